The van der Waals surface area contributed by atoms with E-state index in [0.717, 1.165) is 12.8 Å². The van der Waals surface area contributed by atoms with E-state index in [1.807, 2.05) is 6.92 Å². The van der Waals surface area contributed by atoms with Crippen LogP contribution in [0.3, 0.4) is 0 Å². The molecule has 0 N–H and O–H groups in total. The van der Waals surface area contributed by atoms with Gasteiger partial charge in [0, 0.05) is 13.1 Å². The summed E-state index contributed by atoms with van der Waals surface area (Å²) in [6, 6.07) is 0. The van der Waals surface area contributed by atoms with Crippen LogP contribution in [0, 0.1) is 0 Å². The zero-order chi connectivity index (χ0) is 9.90. The molecule has 1 aliphatic rings. The van der Waals surface area contributed by atoms with Gasteiger partial charge in [0.1, 0.15) is 0 Å². The van der Waals surface area contributed by atoms with Crippen molar-refractivity contribution in [3.8, 4) is 0 Å². The number of hydrogen-bond acceptors (Lipinski definition) is 3. The second-order valence-corrected chi connectivity index (χ2v) is 5.47. The molecule has 0 aromatic heterocycles. The normalized spacial score (nSPS) is 28.0. The summed E-state index contributed by atoms with van der Waals surface area (Å²) in [5.41, 5.74) is 0. The molecule has 0 spiro atoms. The third-order valence-corrected chi connectivity index (χ3v) is 3.53. The van der Waals surface area contributed by atoms with Gasteiger partial charge in [0.2, 0.25) is 10.0 Å². The van der Waals surface area contributed by atoms with Crippen LogP contribution in [-0.2, 0) is 14.8 Å². The van der Waals surface area contributed by atoms with Crippen molar-refractivity contribution in [1.82, 2.24) is 4.31 Å². The summed E-state index contributed by atoms with van der Waals surface area (Å²) in [6.45, 7) is 3.65. The van der Waals surface area contributed by atoms with Crippen molar-refractivity contribution in [1.29, 1.82) is 0 Å². The molecule has 5 heteroatoms. The molecule has 1 aliphatic heterocycles. The Bertz CT molecular complexity index is 240. The topological polar surface area (TPSA) is 46.6 Å². The molecule has 13 heavy (non-hydrogen) atoms. The highest BCUT2D eigenvalue weighted by molar-refractivity contribution is 7.88. The minimum absolute atomic E-state index is 0.265. The predicted octanol–water partition coefficient (Wildman–Crippen LogP) is 0.447. The number of ether oxygens (including phenoxy) is 1. The first-order valence-corrected chi connectivity index (χ1v) is 6.41. The van der Waals surface area contributed by atoms with E-state index in [9.17, 15) is 8.42 Å². The highest BCUT2D eigenvalue weighted by Crippen LogP contribution is 2.09. The molecule has 1 heterocycles. The van der Waals surface area contributed by atoms with Crippen molar-refractivity contribution >= 4 is 10.0 Å². The van der Waals surface area contributed by atoms with Gasteiger partial charge in [0.25, 0.3) is 0 Å². The first-order chi connectivity index (χ1) is 6.00. The Morgan fingerprint density at radius 1 is 1.38 bits per heavy atom. The van der Waals surface area contributed by atoms with Gasteiger partial charge in [0.05, 0.1) is 19.0 Å². The molecule has 1 saturated heterocycles. The summed E-state index contributed by atoms with van der Waals surface area (Å²) in [6.07, 6.45) is 3.33. The van der Waals surface area contributed by atoms with Crippen LogP contribution in [0.15, 0.2) is 0 Å². The van der Waals surface area contributed by atoms with Crippen LogP contribution in [0.4, 0.5) is 0 Å². The van der Waals surface area contributed by atoms with Crippen molar-refractivity contribution < 1.29 is 13.2 Å². The van der Waals surface area contributed by atoms with Gasteiger partial charge < -0.3 is 4.74 Å². The van der Waals surface area contributed by atoms with Crippen molar-refractivity contribution in [2.24, 2.45) is 0 Å². The van der Waals surface area contributed by atoms with Gasteiger partial charge in [-0.15, -0.1) is 0 Å². The summed E-state index contributed by atoms with van der Waals surface area (Å²) in [5.74, 6) is 0. The number of nitrogens with zero attached hydrogens (tertiary/aromatic N) is 1. The van der Waals surface area contributed by atoms with Gasteiger partial charge in [-0.25, -0.2) is 8.42 Å². The smallest absolute Gasteiger partial charge is 0.211 e. The molecule has 78 valence electrons. The van der Waals surface area contributed by atoms with Crippen LogP contribution in [0.1, 0.15) is 19.8 Å². The largest absolute Gasteiger partial charge is 0.377 e. The fourth-order valence-corrected chi connectivity index (χ4v) is 2.30. The molecule has 0 amide bonds. The second kappa shape index (κ2) is 4.39. The maximum Gasteiger partial charge on any atom is 0.211 e. The van der Waals surface area contributed by atoms with Gasteiger partial charge in [-0.2, -0.15) is 4.31 Å². The molecule has 1 atom stereocenters. The second-order valence-electron chi connectivity index (χ2n) is 3.49. The minimum atomic E-state index is -3.03. The molecule has 0 saturated carbocycles. The third-order valence-electron chi connectivity index (χ3n) is 2.23. The minimum Gasteiger partial charge on any atom is -0.377 e. The Balaban J connectivity index is 2.51. The Morgan fingerprint density at radius 2 is 2.08 bits per heavy atom. The van der Waals surface area contributed by atoms with E-state index in [4.69, 9.17) is 4.74 Å². The number of rotatable bonds is 1. The van der Waals surface area contributed by atoms with E-state index < -0.39 is 10.0 Å². The van der Waals surface area contributed by atoms with E-state index in [2.05, 4.69) is 0 Å². The molecule has 0 unspecified atom stereocenters. The Hall–Kier alpha value is -0.130. The van der Waals surface area contributed by atoms with Crippen molar-refractivity contribution in [3.05, 3.63) is 0 Å². The van der Waals surface area contributed by atoms with Gasteiger partial charge in [-0.1, -0.05) is 0 Å². The summed E-state index contributed by atoms with van der Waals surface area (Å²) in [7, 11) is -3.03. The molecule has 0 aromatic rings. The van der Waals surface area contributed by atoms with Crippen LogP contribution >= 0.6 is 0 Å². The average Bonchev–Trinajstić information content (AvgIpc) is 1.93. The van der Waals surface area contributed by atoms with Gasteiger partial charge in [-0.3, -0.25) is 0 Å². The average molecular weight is 207 g/mol. The highest BCUT2D eigenvalue weighted by Gasteiger charge is 2.18. The molecule has 1 fully saturated rings. The molecular weight excluding hydrogens is 190 g/mol. The molecule has 1 rings (SSSR count). The first-order valence-electron chi connectivity index (χ1n) is 4.57. The third kappa shape index (κ3) is 3.62. The van der Waals surface area contributed by atoms with Crippen molar-refractivity contribution in [2.75, 3.05) is 26.0 Å². The molecule has 0 radical (unpaired) electrons. The van der Waals surface area contributed by atoms with E-state index in [0.29, 0.717) is 19.7 Å². The summed E-state index contributed by atoms with van der Waals surface area (Å²) in [4.78, 5) is 0. The lowest BCUT2D eigenvalue weighted by Crippen LogP contribution is -2.36. The molecule has 0 aromatic carbocycles. The standard InChI is InChI=1S/C8H17NO3S/c1-8-4-3-5-9(6-7-12-8)13(2,10)11/h8H,3-7H2,1-2H3/t8-/m0/s1. The number of sulfonamides is 1. The Kier molecular flexibility index (Phi) is 3.70. The number of hydrogen-bond donors (Lipinski definition) is 0. The van der Waals surface area contributed by atoms with Crippen LogP contribution in [0.25, 0.3) is 0 Å². The van der Waals surface area contributed by atoms with E-state index in [1.54, 1.807) is 0 Å². The van der Waals surface area contributed by atoms with Crippen LogP contribution in [0.2, 0.25) is 0 Å². The molecule has 0 bridgehead atoms. The SMILES string of the molecule is C[C@H]1CCCN(S(C)(=O)=O)CCO1. The lowest BCUT2D eigenvalue weighted by atomic mass is 10.2. The Morgan fingerprint density at radius 3 is 2.69 bits per heavy atom. The lowest BCUT2D eigenvalue weighted by molar-refractivity contribution is 0.0405. The van der Waals surface area contributed by atoms with E-state index in [-0.39, 0.29) is 6.10 Å². The Labute approximate surface area is 79.9 Å². The van der Waals surface area contributed by atoms with Gasteiger partial charge >= 0.3 is 0 Å². The highest BCUT2D eigenvalue weighted by atomic mass is 32.2. The lowest BCUT2D eigenvalue weighted by Gasteiger charge is -2.24. The molecule has 0 aliphatic carbocycles. The maximum absolute atomic E-state index is 11.2. The fraction of sp³-hybridized carbons (Fsp3) is 1.00. The van der Waals surface area contributed by atoms with Gasteiger partial charge in [-0.05, 0) is 19.8 Å². The van der Waals surface area contributed by atoms with E-state index in [1.165, 1.54) is 10.6 Å². The summed E-state index contributed by atoms with van der Waals surface area (Å²) < 4.78 is 29.3. The zero-order valence-corrected chi connectivity index (χ0v) is 9.01. The van der Waals surface area contributed by atoms with Crippen LogP contribution in [0.5, 0.6) is 0 Å². The molecular formula is C8H17NO3S. The fourth-order valence-electron chi connectivity index (χ4n) is 1.44. The van der Waals surface area contributed by atoms with Crippen LogP contribution in [-0.4, -0.2) is 44.8 Å². The molecule has 4 nitrogen and oxygen atoms in total. The predicted molar refractivity (Wildman–Crippen MR) is 51.1 cm³/mol. The first kappa shape index (κ1) is 10.9. The van der Waals surface area contributed by atoms with Crippen molar-refractivity contribution in [2.45, 2.75) is 25.9 Å². The quantitative estimate of drug-likeness (QED) is 0.627. The van der Waals surface area contributed by atoms with E-state index >= 15 is 0 Å². The van der Waals surface area contributed by atoms with Crippen LogP contribution < -0.4 is 0 Å². The summed E-state index contributed by atoms with van der Waals surface area (Å²) >= 11 is 0. The van der Waals surface area contributed by atoms with Gasteiger partial charge in [0.15, 0.2) is 0 Å². The zero-order valence-electron chi connectivity index (χ0n) is 8.19. The monoisotopic (exact) mass is 207 g/mol. The summed E-state index contributed by atoms with van der Waals surface area (Å²) in [5, 5.41) is 0. The maximum atomic E-state index is 11.2. The van der Waals surface area contributed by atoms with Crippen molar-refractivity contribution in [3.63, 3.8) is 0 Å².